The van der Waals surface area contributed by atoms with E-state index in [1.54, 1.807) is 4.52 Å². The van der Waals surface area contributed by atoms with E-state index in [0.29, 0.717) is 5.78 Å². The minimum absolute atomic E-state index is 0.0887. The molecule has 27 heavy (non-hydrogen) atoms. The average molecular weight is 366 g/mol. The molecule has 1 amide bonds. The van der Waals surface area contributed by atoms with E-state index in [-0.39, 0.29) is 18.3 Å². The molecule has 0 saturated heterocycles. The Labute approximate surface area is 159 Å². The molecule has 1 aromatic carbocycles. The molecule has 0 radical (unpaired) electrons. The summed E-state index contributed by atoms with van der Waals surface area (Å²) in [5, 5.41) is 7.09. The van der Waals surface area contributed by atoms with Gasteiger partial charge in [0.2, 0.25) is 11.9 Å². The molecule has 0 unspecified atom stereocenters. The van der Waals surface area contributed by atoms with Gasteiger partial charge in [0.15, 0.2) is 0 Å². The summed E-state index contributed by atoms with van der Waals surface area (Å²) in [6, 6.07) is 8.07. The lowest BCUT2D eigenvalue weighted by molar-refractivity contribution is -0.115. The number of unbranched alkanes of at least 4 members (excludes halogenated alkanes) is 2. The maximum Gasteiger partial charge on any atom is 0.254 e. The molecule has 7 nitrogen and oxygen atoms in total. The summed E-state index contributed by atoms with van der Waals surface area (Å²) in [6.45, 7) is 5.96. The van der Waals surface area contributed by atoms with Crippen molar-refractivity contribution in [2.24, 2.45) is 0 Å². The molecule has 0 aliphatic heterocycles. The second-order valence-electron chi connectivity index (χ2n) is 6.82. The van der Waals surface area contributed by atoms with Gasteiger partial charge in [-0.3, -0.25) is 4.79 Å². The first-order valence-electron chi connectivity index (χ1n) is 9.35. The fraction of sp³-hybridized carbons (Fsp3) is 0.400. The lowest BCUT2D eigenvalue weighted by Gasteiger charge is -2.11. The van der Waals surface area contributed by atoms with Crippen LogP contribution in [-0.4, -0.2) is 25.5 Å². The Hall–Kier alpha value is -2.96. The molecule has 0 aliphatic carbocycles. The number of hydrogen-bond donors (Lipinski definition) is 2. The van der Waals surface area contributed by atoms with Crippen molar-refractivity contribution in [2.75, 3.05) is 11.1 Å². The van der Waals surface area contributed by atoms with Gasteiger partial charge in [-0.1, -0.05) is 31.9 Å². The fourth-order valence-electron chi connectivity index (χ4n) is 3.18. The van der Waals surface area contributed by atoms with E-state index in [0.717, 1.165) is 29.1 Å². The zero-order chi connectivity index (χ0) is 19.4. The quantitative estimate of drug-likeness (QED) is 0.626. The molecule has 0 saturated carbocycles. The normalized spacial score (nSPS) is 11.1. The molecule has 3 N–H and O–H groups in total. The van der Waals surface area contributed by atoms with Crippen molar-refractivity contribution in [1.82, 2.24) is 19.6 Å². The topological polar surface area (TPSA) is 98.2 Å². The summed E-state index contributed by atoms with van der Waals surface area (Å²) in [5.74, 6) is 0.533. The summed E-state index contributed by atoms with van der Waals surface area (Å²) in [6.07, 6.45) is 4.95. The van der Waals surface area contributed by atoms with Crippen LogP contribution in [0.15, 0.2) is 24.3 Å². The number of fused-ring (bicyclic) bond motifs is 1. The number of aryl methyl sites for hydroxylation is 3. The summed E-state index contributed by atoms with van der Waals surface area (Å²) in [4.78, 5) is 21.0. The molecule has 2 aromatic heterocycles. The van der Waals surface area contributed by atoms with E-state index in [1.807, 2.05) is 26.0 Å². The van der Waals surface area contributed by atoms with E-state index in [4.69, 9.17) is 5.73 Å². The Morgan fingerprint density at radius 2 is 1.89 bits per heavy atom. The Morgan fingerprint density at radius 1 is 1.15 bits per heavy atom. The Bertz CT molecular complexity index is 945. The third-order valence-electron chi connectivity index (χ3n) is 4.71. The van der Waals surface area contributed by atoms with Gasteiger partial charge in [-0.15, -0.1) is 5.10 Å². The van der Waals surface area contributed by atoms with Gasteiger partial charge in [-0.2, -0.15) is 9.50 Å². The highest BCUT2D eigenvalue weighted by Gasteiger charge is 2.15. The number of carbonyl (C=O) groups is 1. The molecule has 2 heterocycles. The van der Waals surface area contributed by atoms with Crippen molar-refractivity contribution in [3.05, 3.63) is 46.8 Å². The number of rotatable bonds is 7. The van der Waals surface area contributed by atoms with Gasteiger partial charge in [0.25, 0.3) is 5.78 Å². The van der Waals surface area contributed by atoms with E-state index in [2.05, 4.69) is 39.4 Å². The molecule has 3 rings (SSSR count). The van der Waals surface area contributed by atoms with Crippen LogP contribution in [0.5, 0.6) is 0 Å². The first-order chi connectivity index (χ1) is 13.0. The minimum Gasteiger partial charge on any atom is -0.366 e. The number of nitrogens with two attached hydrogens (primary N) is 1. The molecular weight excluding hydrogens is 340 g/mol. The highest BCUT2D eigenvalue weighted by Crippen LogP contribution is 2.17. The number of aromatic nitrogens is 4. The van der Waals surface area contributed by atoms with E-state index in [1.165, 1.54) is 24.8 Å². The van der Waals surface area contributed by atoms with Crippen LogP contribution in [0.3, 0.4) is 0 Å². The van der Waals surface area contributed by atoms with Crippen molar-refractivity contribution in [1.29, 1.82) is 0 Å². The molecule has 0 atom stereocenters. The monoisotopic (exact) mass is 366 g/mol. The van der Waals surface area contributed by atoms with E-state index < -0.39 is 0 Å². The lowest BCUT2D eigenvalue weighted by atomic mass is 10.1. The number of nitrogens with one attached hydrogen (secondary N) is 1. The van der Waals surface area contributed by atoms with Crippen molar-refractivity contribution < 1.29 is 4.79 Å². The number of hydrogen-bond acceptors (Lipinski definition) is 5. The van der Waals surface area contributed by atoms with Crippen LogP contribution in [0, 0.1) is 13.8 Å². The van der Waals surface area contributed by atoms with Gasteiger partial charge in [0.05, 0.1) is 6.42 Å². The van der Waals surface area contributed by atoms with Gasteiger partial charge < -0.3 is 11.1 Å². The van der Waals surface area contributed by atoms with Crippen LogP contribution in [0.25, 0.3) is 5.78 Å². The van der Waals surface area contributed by atoms with Crippen LogP contribution in [0.2, 0.25) is 0 Å². The third-order valence-corrected chi connectivity index (χ3v) is 4.71. The number of benzene rings is 1. The second kappa shape index (κ2) is 8.16. The predicted molar refractivity (Wildman–Crippen MR) is 107 cm³/mol. The zero-order valence-electron chi connectivity index (χ0n) is 16.1. The number of carbonyl (C=O) groups excluding carboxylic acids is 1. The van der Waals surface area contributed by atoms with Gasteiger partial charge >= 0.3 is 0 Å². The van der Waals surface area contributed by atoms with E-state index >= 15 is 0 Å². The van der Waals surface area contributed by atoms with Crippen molar-refractivity contribution in [3.63, 3.8) is 0 Å². The van der Waals surface area contributed by atoms with Crippen LogP contribution < -0.4 is 11.1 Å². The first kappa shape index (κ1) is 18.8. The lowest BCUT2D eigenvalue weighted by Crippen LogP contribution is -2.17. The first-order valence-corrected chi connectivity index (χ1v) is 9.35. The average Bonchev–Trinajstić information content (AvgIpc) is 3.01. The summed E-state index contributed by atoms with van der Waals surface area (Å²) in [5.41, 5.74) is 10.2. The van der Waals surface area contributed by atoms with Crippen molar-refractivity contribution in [2.45, 2.75) is 52.9 Å². The number of amides is 1. The van der Waals surface area contributed by atoms with Crippen molar-refractivity contribution in [3.8, 4) is 0 Å². The van der Waals surface area contributed by atoms with E-state index in [9.17, 15) is 4.79 Å². The van der Waals surface area contributed by atoms with Gasteiger partial charge in [0, 0.05) is 22.6 Å². The van der Waals surface area contributed by atoms with Crippen LogP contribution in [0.4, 0.5) is 11.6 Å². The molecule has 7 heteroatoms. The van der Waals surface area contributed by atoms with Gasteiger partial charge in [-0.25, -0.2) is 4.98 Å². The SMILES string of the molecule is CCCCCc1ccc(NC(=O)Cc2c(C)nc3nc(N)nn3c2C)cc1. The van der Waals surface area contributed by atoms with Crippen LogP contribution >= 0.6 is 0 Å². The minimum atomic E-state index is -0.0887. The predicted octanol–water partition coefficient (Wildman–Crippen LogP) is 3.24. The maximum atomic E-state index is 12.5. The fourth-order valence-corrected chi connectivity index (χ4v) is 3.18. The summed E-state index contributed by atoms with van der Waals surface area (Å²) < 4.78 is 1.58. The number of nitrogens with zero attached hydrogens (tertiary/aromatic N) is 4. The highest BCUT2D eigenvalue weighted by molar-refractivity contribution is 5.92. The molecular formula is C20H26N6O. The smallest absolute Gasteiger partial charge is 0.254 e. The zero-order valence-corrected chi connectivity index (χ0v) is 16.1. The maximum absolute atomic E-state index is 12.5. The van der Waals surface area contributed by atoms with Crippen molar-refractivity contribution >= 4 is 23.3 Å². The highest BCUT2D eigenvalue weighted by atomic mass is 16.1. The number of anilines is 2. The Kier molecular flexibility index (Phi) is 5.69. The molecule has 0 bridgehead atoms. The summed E-state index contributed by atoms with van der Waals surface area (Å²) >= 11 is 0. The van der Waals surface area contributed by atoms with Crippen LogP contribution in [0.1, 0.15) is 48.7 Å². The molecule has 0 aliphatic rings. The molecule has 3 aromatic rings. The van der Waals surface area contributed by atoms with Gasteiger partial charge in [-0.05, 0) is 44.4 Å². The van der Waals surface area contributed by atoms with Gasteiger partial charge in [0.1, 0.15) is 0 Å². The standard InChI is InChI=1S/C20H26N6O/c1-4-5-6-7-15-8-10-16(11-9-15)23-18(27)12-17-13(2)22-20-24-19(21)25-26(20)14(17)3/h8-11H,4-7,12H2,1-3H3,(H2,21,25)(H,23,27). The molecule has 0 fully saturated rings. The third kappa shape index (κ3) is 4.42. The Morgan fingerprint density at radius 3 is 2.59 bits per heavy atom. The second-order valence-corrected chi connectivity index (χ2v) is 6.82. The largest absolute Gasteiger partial charge is 0.366 e. The van der Waals surface area contributed by atoms with Crippen LogP contribution in [-0.2, 0) is 17.6 Å². The summed E-state index contributed by atoms with van der Waals surface area (Å²) in [7, 11) is 0. The number of nitrogen functional groups attached to an aromatic ring is 1. The molecule has 142 valence electrons. The Balaban J connectivity index is 1.68. The molecule has 0 spiro atoms.